The second-order valence-electron chi connectivity index (χ2n) is 7.01. The van der Waals surface area contributed by atoms with Crippen molar-refractivity contribution in [3.05, 3.63) is 101 Å². The second-order valence-corrected chi connectivity index (χ2v) is 8.36. The van der Waals surface area contributed by atoms with Crippen LogP contribution in [-0.2, 0) is 12.3 Å². The van der Waals surface area contributed by atoms with E-state index in [0.29, 0.717) is 29.1 Å². The summed E-state index contributed by atoms with van der Waals surface area (Å²) in [6.07, 6.45) is 0. The maximum absolute atomic E-state index is 6.46. The Bertz CT molecular complexity index is 1320. The van der Waals surface area contributed by atoms with Gasteiger partial charge in [0.15, 0.2) is 11.0 Å². The van der Waals surface area contributed by atoms with Gasteiger partial charge in [-0.3, -0.25) is 4.57 Å². The number of rotatable bonds is 7. The molecule has 6 nitrogen and oxygen atoms in total. The predicted molar refractivity (Wildman–Crippen MR) is 125 cm³/mol. The standard InChI is InChI=1S/C24H18ClN5OS/c25-20-14-8-7-13-19(20)22-27-29-24(30(22)15-17-9-3-1-4-10-17)32-16-21-26-28-23(31-21)18-11-5-2-6-12-18/h1-14H,15-16H2. The van der Waals surface area contributed by atoms with Crippen molar-refractivity contribution in [2.45, 2.75) is 17.5 Å². The van der Waals surface area contributed by atoms with Crippen molar-refractivity contribution >= 4 is 23.4 Å². The molecule has 2 aromatic heterocycles. The molecule has 0 N–H and O–H groups in total. The van der Waals surface area contributed by atoms with E-state index in [1.807, 2.05) is 72.8 Å². The second kappa shape index (κ2) is 9.38. The topological polar surface area (TPSA) is 69.6 Å². The first kappa shape index (κ1) is 20.5. The number of hydrogen-bond acceptors (Lipinski definition) is 6. The first-order valence-corrected chi connectivity index (χ1v) is 11.4. The molecule has 158 valence electrons. The lowest BCUT2D eigenvalue weighted by atomic mass is 10.2. The molecule has 3 aromatic carbocycles. The normalized spacial score (nSPS) is 11.0. The summed E-state index contributed by atoms with van der Waals surface area (Å²) in [5.74, 6) is 2.23. The lowest BCUT2D eigenvalue weighted by Gasteiger charge is -2.11. The molecule has 8 heteroatoms. The highest BCUT2D eigenvalue weighted by Gasteiger charge is 2.18. The molecule has 0 aliphatic carbocycles. The van der Waals surface area contributed by atoms with E-state index in [1.54, 1.807) is 0 Å². The quantitative estimate of drug-likeness (QED) is 0.278. The Morgan fingerprint density at radius 1 is 0.781 bits per heavy atom. The highest BCUT2D eigenvalue weighted by Crippen LogP contribution is 2.31. The third-order valence-electron chi connectivity index (χ3n) is 4.83. The van der Waals surface area contributed by atoms with Crippen molar-refractivity contribution in [3.8, 4) is 22.8 Å². The third-order valence-corrected chi connectivity index (χ3v) is 6.11. The highest BCUT2D eigenvalue weighted by atomic mass is 35.5. The molecule has 0 bridgehead atoms. The molecule has 0 saturated heterocycles. The van der Waals surface area contributed by atoms with Crippen molar-refractivity contribution in [3.63, 3.8) is 0 Å². The lowest BCUT2D eigenvalue weighted by molar-refractivity contribution is 0.528. The van der Waals surface area contributed by atoms with Crippen molar-refractivity contribution in [1.82, 2.24) is 25.0 Å². The Balaban J connectivity index is 1.42. The fraction of sp³-hybridized carbons (Fsp3) is 0.0833. The first-order chi connectivity index (χ1) is 15.8. The van der Waals surface area contributed by atoms with Gasteiger partial charge in [0.1, 0.15) is 0 Å². The summed E-state index contributed by atoms with van der Waals surface area (Å²) in [6, 6.07) is 27.6. The molecule has 0 unspecified atom stereocenters. The van der Waals surface area contributed by atoms with E-state index in [0.717, 1.165) is 27.7 Å². The molecule has 0 aliphatic rings. The van der Waals surface area contributed by atoms with Gasteiger partial charge >= 0.3 is 0 Å². The zero-order valence-electron chi connectivity index (χ0n) is 16.9. The summed E-state index contributed by atoms with van der Waals surface area (Å²) in [7, 11) is 0. The van der Waals surface area contributed by atoms with Crippen LogP contribution in [0.15, 0.2) is 94.5 Å². The van der Waals surface area contributed by atoms with Crippen LogP contribution in [0.4, 0.5) is 0 Å². The predicted octanol–water partition coefficient (Wildman–Crippen LogP) is 5.99. The van der Waals surface area contributed by atoms with Crippen LogP contribution in [0.25, 0.3) is 22.8 Å². The smallest absolute Gasteiger partial charge is 0.247 e. The maximum Gasteiger partial charge on any atom is 0.247 e. The minimum absolute atomic E-state index is 0.481. The molecule has 0 saturated carbocycles. The van der Waals surface area contributed by atoms with Gasteiger partial charge < -0.3 is 4.42 Å². The van der Waals surface area contributed by atoms with E-state index < -0.39 is 0 Å². The molecule has 5 rings (SSSR count). The number of thioether (sulfide) groups is 1. The van der Waals surface area contributed by atoms with Gasteiger partial charge in [0.2, 0.25) is 11.8 Å². The van der Waals surface area contributed by atoms with Crippen LogP contribution in [0.5, 0.6) is 0 Å². The first-order valence-electron chi connectivity index (χ1n) is 10.0. The highest BCUT2D eigenvalue weighted by molar-refractivity contribution is 7.98. The number of halogens is 1. The van der Waals surface area contributed by atoms with Gasteiger partial charge in [0, 0.05) is 11.1 Å². The van der Waals surface area contributed by atoms with Gasteiger partial charge in [-0.15, -0.1) is 20.4 Å². The van der Waals surface area contributed by atoms with Crippen molar-refractivity contribution < 1.29 is 4.42 Å². The van der Waals surface area contributed by atoms with Gasteiger partial charge in [-0.05, 0) is 29.8 Å². The molecule has 32 heavy (non-hydrogen) atoms. The van der Waals surface area contributed by atoms with E-state index in [2.05, 4.69) is 37.1 Å². The maximum atomic E-state index is 6.46. The van der Waals surface area contributed by atoms with E-state index in [1.165, 1.54) is 11.8 Å². The van der Waals surface area contributed by atoms with E-state index >= 15 is 0 Å². The van der Waals surface area contributed by atoms with Gasteiger partial charge in [0.25, 0.3) is 0 Å². The molecule has 0 fully saturated rings. The molecular weight excluding hydrogens is 442 g/mol. The summed E-state index contributed by atoms with van der Waals surface area (Å²) in [5.41, 5.74) is 2.88. The van der Waals surface area contributed by atoms with Gasteiger partial charge in [-0.2, -0.15) is 0 Å². The number of benzene rings is 3. The Labute approximate surface area is 194 Å². The Morgan fingerprint density at radius 2 is 1.50 bits per heavy atom. The number of hydrogen-bond donors (Lipinski definition) is 0. The van der Waals surface area contributed by atoms with Crippen LogP contribution in [0.1, 0.15) is 11.5 Å². The largest absolute Gasteiger partial charge is 0.420 e. The molecule has 0 atom stereocenters. The minimum atomic E-state index is 0.481. The van der Waals surface area contributed by atoms with Crippen LogP contribution >= 0.6 is 23.4 Å². The van der Waals surface area contributed by atoms with E-state index in [9.17, 15) is 0 Å². The minimum Gasteiger partial charge on any atom is -0.420 e. The number of nitrogens with zero attached hydrogens (tertiary/aromatic N) is 5. The van der Waals surface area contributed by atoms with Gasteiger partial charge in [-0.25, -0.2) is 0 Å². The van der Waals surface area contributed by atoms with Crippen LogP contribution < -0.4 is 0 Å². The van der Waals surface area contributed by atoms with Crippen LogP contribution in [0, 0.1) is 0 Å². The Kier molecular flexibility index (Phi) is 6.00. The van der Waals surface area contributed by atoms with E-state index in [4.69, 9.17) is 16.0 Å². The summed E-state index contributed by atoms with van der Waals surface area (Å²) < 4.78 is 7.90. The molecule has 0 aliphatic heterocycles. The fourth-order valence-corrected chi connectivity index (χ4v) is 4.28. The SMILES string of the molecule is Clc1ccccc1-c1nnc(SCc2nnc(-c3ccccc3)o2)n1Cc1ccccc1. The fourth-order valence-electron chi connectivity index (χ4n) is 3.28. The monoisotopic (exact) mass is 459 g/mol. The molecular formula is C24H18ClN5OS. The average molecular weight is 460 g/mol. The summed E-state index contributed by atoms with van der Waals surface area (Å²) in [5, 5.41) is 18.6. The van der Waals surface area contributed by atoms with E-state index in [-0.39, 0.29) is 0 Å². The van der Waals surface area contributed by atoms with Gasteiger partial charge in [-0.1, -0.05) is 84.0 Å². The van der Waals surface area contributed by atoms with Crippen LogP contribution in [0.3, 0.4) is 0 Å². The third kappa shape index (κ3) is 4.44. The molecule has 0 radical (unpaired) electrons. The van der Waals surface area contributed by atoms with Crippen molar-refractivity contribution in [1.29, 1.82) is 0 Å². The Hall–Kier alpha value is -3.42. The average Bonchev–Trinajstić information content (AvgIpc) is 3.47. The number of aromatic nitrogens is 5. The molecule has 2 heterocycles. The van der Waals surface area contributed by atoms with Crippen LogP contribution in [0.2, 0.25) is 5.02 Å². The van der Waals surface area contributed by atoms with Crippen molar-refractivity contribution in [2.24, 2.45) is 0 Å². The zero-order valence-corrected chi connectivity index (χ0v) is 18.5. The zero-order chi connectivity index (χ0) is 21.8. The van der Waals surface area contributed by atoms with Crippen molar-refractivity contribution in [2.75, 3.05) is 0 Å². The summed E-state index contributed by atoms with van der Waals surface area (Å²) >= 11 is 7.96. The summed E-state index contributed by atoms with van der Waals surface area (Å²) in [6.45, 7) is 0.621. The Morgan fingerprint density at radius 3 is 2.28 bits per heavy atom. The lowest BCUT2D eigenvalue weighted by Crippen LogP contribution is -2.04. The molecule has 0 amide bonds. The molecule has 5 aromatic rings. The van der Waals surface area contributed by atoms with Crippen LogP contribution in [-0.4, -0.2) is 25.0 Å². The summed E-state index contributed by atoms with van der Waals surface area (Å²) in [4.78, 5) is 0. The molecule has 0 spiro atoms. The van der Waals surface area contributed by atoms with Gasteiger partial charge in [0.05, 0.1) is 17.3 Å².